The van der Waals surface area contributed by atoms with Crippen LogP contribution in [-0.2, 0) is 14.3 Å². The van der Waals surface area contributed by atoms with E-state index in [2.05, 4.69) is 11.9 Å². The highest BCUT2D eigenvalue weighted by atomic mass is 16.6. The summed E-state index contributed by atoms with van der Waals surface area (Å²) < 4.78 is 9.89. The average Bonchev–Trinajstić information content (AvgIpc) is 2.13. The van der Waals surface area contributed by atoms with Crippen molar-refractivity contribution >= 4 is 12.1 Å². The van der Waals surface area contributed by atoms with E-state index < -0.39 is 17.7 Å². The third-order valence-electron chi connectivity index (χ3n) is 1.57. The largest absolute Gasteiger partial charge is 0.462 e. The summed E-state index contributed by atoms with van der Waals surface area (Å²) in [5, 5.41) is 2.57. The Morgan fingerprint density at radius 3 is 2.35 bits per heavy atom. The second-order valence-electron chi connectivity index (χ2n) is 4.70. The zero-order valence-electron chi connectivity index (χ0n) is 11.0. The fraction of sp³-hybridized carbons (Fsp3) is 0.667. The summed E-state index contributed by atoms with van der Waals surface area (Å²) in [4.78, 5) is 22.2. The van der Waals surface area contributed by atoms with Gasteiger partial charge in [-0.25, -0.2) is 9.59 Å². The van der Waals surface area contributed by atoms with Crippen molar-refractivity contribution in [1.82, 2.24) is 5.32 Å². The third-order valence-corrected chi connectivity index (χ3v) is 1.57. The SMILES string of the molecule is C=C(C)C(=O)OCCCNC(=O)OC(C)(C)C. The number of carbonyl (C=O) groups excluding carboxylic acids is 2. The molecule has 0 unspecified atom stereocenters. The maximum Gasteiger partial charge on any atom is 0.407 e. The van der Waals surface area contributed by atoms with Gasteiger partial charge in [-0.3, -0.25) is 0 Å². The Morgan fingerprint density at radius 2 is 1.88 bits per heavy atom. The van der Waals surface area contributed by atoms with Crippen LogP contribution in [0.5, 0.6) is 0 Å². The summed E-state index contributed by atoms with van der Waals surface area (Å²) in [6.45, 7) is 11.1. The smallest absolute Gasteiger partial charge is 0.407 e. The van der Waals surface area contributed by atoms with E-state index in [0.717, 1.165) is 0 Å². The molecule has 0 atom stereocenters. The second kappa shape index (κ2) is 6.93. The molecule has 0 saturated heterocycles. The number of hydrogen-bond acceptors (Lipinski definition) is 4. The van der Waals surface area contributed by atoms with Crippen LogP contribution in [0.2, 0.25) is 0 Å². The number of rotatable bonds is 5. The molecule has 98 valence electrons. The van der Waals surface area contributed by atoms with Crippen molar-refractivity contribution in [2.45, 2.75) is 39.7 Å². The molecule has 0 aliphatic rings. The van der Waals surface area contributed by atoms with Crippen LogP contribution in [0.25, 0.3) is 0 Å². The minimum atomic E-state index is -0.503. The van der Waals surface area contributed by atoms with Crippen molar-refractivity contribution in [3.8, 4) is 0 Å². The van der Waals surface area contributed by atoms with E-state index in [-0.39, 0.29) is 6.61 Å². The predicted molar refractivity (Wildman–Crippen MR) is 64.6 cm³/mol. The molecule has 0 fully saturated rings. The average molecular weight is 243 g/mol. The predicted octanol–water partition coefficient (Wildman–Crippen LogP) is 2.02. The lowest BCUT2D eigenvalue weighted by molar-refractivity contribution is -0.138. The van der Waals surface area contributed by atoms with E-state index in [4.69, 9.17) is 9.47 Å². The fourth-order valence-electron chi connectivity index (χ4n) is 0.865. The van der Waals surface area contributed by atoms with Crippen LogP contribution in [0, 0.1) is 0 Å². The molecule has 0 aromatic heterocycles. The van der Waals surface area contributed by atoms with E-state index >= 15 is 0 Å². The van der Waals surface area contributed by atoms with Crippen LogP contribution in [0.15, 0.2) is 12.2 Å². The van der Waals surface area contributed by atoms with E-state index in [1.807, 2.05) is 0 Å². The van der Waals surface area contributed by atoms with Gasteiger partial charge in [0.05, 0.1) is 6.61 Å². The number of carbonyl (C=O) groups is 2. The van der Waals surface area contributed by atoms with Gasteiger partial charge in [-0.05, 0) is 34.1 Å². The number of hydrogen-bond donors (Lipinski definition) is 1. The zero-order valence-corrected chi connectivity index (χ0v) is 11.0. The van der Waals surface area contributed by atoms with Gasteiger partial charge in [0.2, 0.25) is 0 Å². The van der Waals surface area contributed by atoms with Crippen molar-refractivity contribution in [3.63, 3.8) is 0 Å². The topological polar surface area (TPSA) is 64.6 Å². The fourth-order valence-corrected chi connectivity index (χ4v) is 0.865. The first-order chi connectivity index (χ1) is 7.72. The van der Waals surface area contributed by atoms with E-state index in [1.165, 1.54) is 0 Å². The summed E-state index contributed by atoms with van der Waals surface area (Å²) in [6.07, 6.45) is 0.0712. The standard InChI is InChI=1S/C12H21NO4/c1-9(2)10(14)16-8-6-7-13-11(15)17-12(3,4)5/h1,6-8H2,2-5H3,(H,13,15). The van der Waals surface area contributed by atoms with Gasteiger partial charge in [0.15, 0.2) is 0 Å². The second-order valence-corrected chi connectivity index (χ2v) is 4.70. The number of alkyl carbamates (subject to hydrolysis) is 1. The lowest BCUT2D eigenvalue weighted by Gasteiger charge is -2.19. The Morgan fingerprint density at radius 1 is 1.29 bits per heavy atom. The molecule has 1 amide bonds. The molecule has 0 aliphatic carbocycles. The van der Waals surface area contributed by atoms with E-state index in [1.54, 1.807) is 27.7 Å². The van der Waals surface area contributed by atoms with Gasteiger partial charge in [0, 0.05) is 12.1 Å². The van der Waals surface area contributed by atoms with Crippen molar-refractivity contribution in [3.05, 3.63) is 12.2 Å². The summed E-state index contributed by atoms with van der Waals surface area (Å²) in [6, 6.07) is 0. The lowest BCUT2D eigenvalue weighted by Crippen LogP contribution is -2.33. The molecule has 0 bridgehead atoms. The van der Waals surface area contributed by atoms with Crippen molar-refractivity contribution in [2.24, 2.45) is 0 Å². The molecule has 5 heteroatoms. The number of amides is 1. The van der Waals surface area contributed by atoms with Crippen LogP contribution >= 0.6 is 0 Å². The highest BCUT2D eigenvalue weighted by Gasteiger charge is 2.15. The monoisotopic (exact) mass is 243 g/mol. The number of ether oxygens (including phenoxy) is 2. The molecule has 0 aliphatic heterocycles. The summed E-state index contributed by atoms with van der Waals surface area (Å²) >= 11 is 0. The Bertz CT molecular complexity index is 291. The van der Waals surface area contributed by atoms with Crippen LogP contribution in [-0.4, -0.2) is 30.8 Å². The molecule has 0 spiro atoms. The minimum absolute atomic E-state index is 0.251. The molecule has 0 radical (unpaired) electrons. The lowest BCUT2D eigenvalue weighted by atomic mass is 10.2. The highest BCUT2D eigenvalue weighted by molar-refractivity contribution is 5.86. The Hall–Kier alpha value is -1.52. The minimum Gasteiger partial charge on any atom is -0.462 e. The van der Waals surface area contributed by atoms with Gasteiger partial charge in [0.1, 0.15) is 5.60 Å². The van der Waals surface area contributed by atoms with Crippen LogP contribution in [0.4, 0.5) is 4.79 Å². The molecular formula is C12H21NO4. The third kappa shape index (κ3) is 9.41. The molecule has 0 rings (SSSR count). The Labute approximate surface area is 102 Å². The summed E-state index contributed by atoms with van der Waals surface area (Å²) in [7, 11) is 0. The first kappa shape index (κ1) is 15.5. The molecule has 17 heavy (non-hydrogen) atoms. The Kier molecular flexibility index (Phi) is 6.31. The van der Waals surface area contributed by atoms with Gasteiger partial charge in [-0.1, -0.05) is 6.58 Å². The van der Waals surface area contributed by atoms with Crippen LogP contribution in [0.1, 0.15) is 34.1 Å². The molecule has 0 heterocycles. The molecular weight excluding hydrogens is 222 g/mol. The van der Waals surface area contributed by atoms with E-state index in [9.17, 15) is 9.59 Å². The van der Waals surface area contributed by atoms with E-state index in [0.29, 0.717) is 18.5 Å². The highest BCUT2D eigenvalue weighted by Crippen LogP contribution is 2.06. The zero-order chi connectivity index (χ0) is 13.5. The Balaban J connectivity index is 3.56. The molecule has 1 N–H and O–H groups in total. The van der Waals surface area contributed by atoms with Gasteiger partial charge >= 0.3 is 12.1 Å². The molecule has 0 aromatic rings. The van der Waals surface area contributed by atoms with Gasteiger partial charge < -0.3 is 14.8 Å². The molecule has 0 aromatic carbocycles. The van der Waals surface area contributed by atoms with Crippen LogP contribution < -0.4 is 5.32 Å². The first-order valence-electron chi connectivity index (χ1n) is 5.52. The summed E-state index contributed by atoms with van der Waals surface area (Å²) in [5.41, 5.74) is -0.138. The maximum atomic E-state index is 11.2. The van der Waals surface area contributed by atoms with Crippen molar-refractivity contribution in [2.75, 3.05) is 13.2 Å². The van der Waals surface area contributed by atoms with Gasteiger partial charge in [-0.15, -0.1) is 0 Å². The summed E-state index contributed by atoms with van der Waals surface area (Å²) in [5.74, 6) is -0.415. The molecule has 0 saturated carbocycles. The quantitative estimate of drug-likeness (QED) is 0.456. The maximum absolute atomic E-state index is 11.2. The number of esters is 1. The molecule has 5 nitrogen and oxygen atoms in total. The van der Waals surface area contributed by atoms with Crippen LogP contribution in [0.3, 0.4) is 0 Å². The van der Waals surface area contributed by atoms with Crippen molar-refractivity contribution in [1.29, 1.82) is 0 Å². The van der Waals surface area contributed by atoms with Gasteiger partial charge in [-0.2, -0.15) is 0 Å². The van der Waals surface area contributed by atoms with Gasteiger partial charge in [0.25, 0.3) is 0 Å². The van der Waals surface area contributed by atoms with Crippen molar-refractivity contribution < 1.29 is 19.1 Å². The first-order valence-corrected chi connectivity index (χ1v) is 5.52. The normalized spacial score (nSPS) is 10.6. The number of nitrogens with one attached hydrogen (secondary N) is 1.